The van der Waals surface area contributed by atoms with Gasteiger partial charge >= 0.3 is 12.1 Å². The van der Waals surface area contributed by atoms with Crippen LogP contribution in [0.25, 0.3) is 11.1 Å². The van der Waals surface area contributed by atoms with Gasteiger partial charge in [0.05, 0.1) is 12.0 Å². The van der Waals surface area contributed by atoms with Crippen molar-refractivity contribution in [1.82, 2.24) is 10.6 Å². The van der Waals surface area contributed by atoms with Gasteiger partial charge in [0.1, 0.15) is 12.6 Å². The molecule has 33 heavy (non-hydrogen) atoms. The molecule has 2 aliphatic carbocycles. The van der Waals surface area contributed by atoms with Crippen LogP contribution in [-0.4, -0.2) is 41.3 Å². The van der Waals surface area contributed by atoms with E-state index < -0.39 is 23.6 Å². The second-order valence-electron chi connectivity index (χ2n) is 8.98. The van der Waals surface area contributed by atoms with Crippen LogP contribution in [0, 0.1) is 0 Å². The number of carboxylic acids is 1. The summed E-state index contributed by atoms with van der Waals surface area (Å²) in [5.41, 5.74) is 3.79. The van der Waals surface area contributed by atoms with Crippen LogP contribution in [0.3, 0.4) is 0 Å². The molecule has 4 rings (SSSR count). The molecule has 0 aliphatic heterocycles. The second-order valence-corrected chi connectivity index (χ2v) is 8.98. The molecule has 2 aromatic rings. The van der Waals surface area contributed by atoms with E-state index in [1.54, 1.807) is 6.92 Å². The third kappa shape index (κ3) is 4.87. The highest BCUT2D eigenvalue weighted by Crippen LogP contribution is 2.44. The summed E-state index contributed by atoms with van der Waals surface area (Å²) in [6.07, 6.45) is 2.63. The molecule has 0 unspecified atom stereocenters. The highest BCUT2D eigenvalue weighted by atomic mass is 16.5. The zero-order chi connectivity index (χ0) is 23.4. The fourth-order valence-electron chi connectivity index (χ4n) is 5.17. The van der Waals surface area contributed by atoms with E-state index in [1.807, 2.05) is 36.4 Å². The molecular formula is C26H30N2O5. The van der Waals surface area contributed by atoms with E-state index >= 15 is 0 Å². The first-order valence-corrected chi connectivity index (χ1v) is 11.6. The van der Waals surface area contributed by atoms with Gasteiger partial charge in [-0.3, -0.25) is 9.59 Å². The monoisotopic (exact) mass is 450 g/mol. The Bertz CT molecular complexity index is 999. The van der Waals surface area contributed by atoms with Gasteiger partial charge in [0.2, 0.25) is 5.91 Å². The number of aliphatic carboxylic acids is 1. The van der Waals surface area contributed by atoms with Gasteiger partial charge in [0.15, 0.2) is 0 Å². The fraction of sp³-hybridized carbons (Fsp3) is 0.423. The lowest BCUT2D eigenvalue weighted by molar-refractivity contribution is -0.139. The van der Waals surface area contributed by atoms with Crippen LogP contribution in [0.5, 0.6) is 0 Å². The number of benzene rings is 2. The summed E-state index contributed by atoms with van der Waals surface area (Å²) in [7, 11) is 0. The minimum absolute atomic E-state index is 0.0608. The molecule has 1 saturated carbocycles. The maximum Gasteiger partial charge on any atom is 0.407 e. The fourth-order valence-corrected chi connectivity index (χ4v) is 5.17. The summed E-state index contributed by atoms with van der Waals surface area (Å²) >= 11 is 0. The maximum absolute atomic E-state index is 12.9. The van der Waals surface area contributed by atoms with Crippen molar-refractivity contribution in [3.8, 4) is 11.1 Å². The van der Waals surface area contributed by atoms with Crippen LogP contribution in [0.1, 0.15) is 62.5 Å². The molecule has 0 heterocycles. The van der Waals surface area contributed by atoms with Crippen LogP contribution >= 0.6 is 0 Å². The Kier molecular flexibility index (Phi) is 6.67. The topological polar surface area (TPSA) is 105 Å². The van der Waals surface area contributed by atoms with Crippen molar-refractivity contribution >= 4 is 18.0 Å². The van der Waals surface area contributed by atoms with E-state index in [2.05, 4.69) is 22.8 Å². The van der Waals surface area contributed by atoms with E-state index in [0.29, 0.717) is 19.3 Å². The van der Waals surface area contributed by atoms with Gasteiger partial charge in [-0.15, -0.1) is 0 Å². The number of fused-ring (bicyclic) bond motifs is 3. The molecule has 2 aromatic carbocycles. The van der Waals surface area contributed by atoms with E-state index in [-0.39, 0.29) is 24.9 Å². The molecular weight excluding hydrogens is 420 g/mol. The summed E-state index contributed by atoms with van der Waals surface area (Å²) in [6.45, 7) is 1.97. The third-order valence-corrected chi connectivity index (χ3v) is 6.80. The predicted molar refractivity (Wildman–Crippen MR) is 124 cm³/mol. The largest absolute Gasteiger partial charge is 0.481 e. The Morgan fingerprint density at radius 2 is 1.61 bits per heavy atom. The second kappa shape index (κ2) is 9.65. The Morgan fingerprint density at radius 1 is 1.03 bits per heavy atom. The van der Waals surface area contributed by atoms with Gasteiger partial charge in [0, 0.05) is 5.92 Å². The Hall–Kier alpha value is -3.35. The van der Waals surface area contributed by atoms with Gasteiger partial charge in [-0.1, -0.05) is 68.3 Å². The number of alkyl carbamates (subject to hydrolysis) is 1. The standard InChI is InChI=1S/C26H30N2O5/c1-2-22(24(31)28-26(15-23(29)30)13-7-8-14-26)27-25(32)33-16-21-19-11-5-3-9-17(19)18-10-4-6-12-20(18)21/h3-6,9-12,21-22H,2,7-8,13-16H2,1H3,(H,27,32)(H,28,31)(H,29,30)/t22-/m0/s1. The first-order chi connectivity index (χ1) is 15.9. The average Bonchev–Trinajstić information content (AvgIpc) is 3.38. The molecule has 0 bridgehead atoms. The van der Waals surface area contributed by atoms with Gasteiger partial charge in [-0.2, -0.15) is 0 Å². The molecule has 7 heteroatoms. The molecule has 0 aromatic heterocycles. The lowest BCUT2D eigenvalue weighted by atomic mass is 9.92. The highest BCUT2D eigenvalue weighted by Gasteiger charge is 2.39. The number of ether oxygens (including phenoxy) is 1. The van der Waals surface area contributed by atoms with E-state index in [1.165, 1.54) is 0 Å². The molecule has 1 fully saturated rings. The third-order valence-electron chi connectivity index (χ3n) is 6.80. The normalized spacial score (nSPS) is 17.0. The number of nitrogens with one attached hydrogen (secondary N) is 2. The Morgan fingerprint density at radius 3 is 2.15 bits per heavy atom. The van der Waals surface area contributed by atoms with Gasteiger partial charge in [-0.25, -0.2) is 4.79 Å². The van der Waals surface area contributed by atoms with Crippen molar-refractivity contribution < 1.29 is 24.2 Å². The van der Waals surface area contributed by atoms with Crippen LogP contribution in [-0.2, 0) is 14.3 Å². The van der Waals surface area contributed by atoms with Crippen molar-refractivity contribution in [2.24, 2.45) is 0 Å². The van der Waals surface area contributed by atoms with Crippen LogP contribution in [0.4, 0.5) is 4.79 Å². The maximum atomic E-state index is 12.9. The molecule has 0 saturated heterocycles. The van der Waals surface area contributed by atoms with Crippen molar-refractivity contribution in [2.75, 3.05) is 6.61 Å². The summed E-state index contributed by atoms with van der Waals surface area (Å²) in [5, 5.41) is 14.8. The number of hydrogen-bond acceptors (Lipinski definition) is 4. The quantitative estimate of drug-likeness (QED) is 0.559. The number of amides is 2. The molecule has 174 valence electrons. The number of rotatable bonds is 8. The van der Waals surface area contributed by atoms with Crippen LogP contribution in [0.15, 0.2) is 48.5 Å². The van der Waals surface area contributed by atoms with Gasteiger partial charge in [0.25, 0.3) is 0 Å². The van der Waals surface area contributed by atoms with Crippen LogP contribution < -0.4 is 10.6 Å². The van der Waals surface area contributed by atoms with Crippen molar-refractivity contribution in [3.63, 3.8) is 0 Å². The Balaban J connectivity index is 1.38. The van der Waals surface area contributed by atoms with E-state index in [9.17, 15) is 19.5 Å². The molecule has 3 N–H and O–H groups in total. The lowest BCUT2D eigenvalue weighted by Crippen LogP contribution is -2.55. The minimum Gasteiger partial charge on any atom is -0.481 e. The number of carbonyl (C=O) groups is 3. The zero-order valence-electron chi connectivity index (χ0n) is 18.8. The average molecular weight is 451 g/mol. The molecule has 1 atom stereocenters. The molecule has 2 amide bonds. The number of carboxylic acid groups (broad SMARTS) is 1. The van der Waals surface area contributed by atoms with Gasteiger partial charge in [-0.05, 0) is 41.5 Å². The number of carbonyl (C=O) groups excluding carboxylic acids is 2. The summed E-state index contributed by atoms with van der Waals surface area (Å²) in [6, 6.07) is 15.4. The van der Waals surface area contributed by atoms with Crippen LogP contribution in [0.2, 0.25) is 0 Å². The van der Waals surface area contributed by atoms with Crippen molar-refractivity contribution in [3.05, 3.63) is 59.7 Å². The smallest absolute Gasteiger partial charge is 0.407 e. The van der Waals surface area contributed by atoms with Crippen molar-refractivity contribution in [1.29, 1.82) is 0 Å². The minimum atomic E-state index is -0.935. The molecule has 0 radical (unpaired) electrons. The number of hydrogen-bond donors (Lipinski definition) is 3. The summed E-state index contributed by atoms with van der Waals surface area (Å²) in [4.78, 5) is 36.8. The zero-order valence-corrected chi connectivity index (χ0v) is 18.8. The van der Waals surface area contributed by atoms with E-state index in [4.69, 9.17) is 4.74 Å². The molecule has 7 nitrogen and oxygen atoms in total. The highest BCUT2D eigenvalue weighted by molar-refractivity contribution is 5.87. The molecule has 2 aliphatic rings. The first-order valence-electron chi connectivity index (χ1n) is 11.6. The molecule has 0 spiro atoms. The first kappa shape index (κ1) is 22.8. The summed E-state index contributed by atoms with van der Waals surface area (Å²) in [5.74, 6) is -1.36. The SMILES string of the molecule is CC[C@H](NC(=O)OCC1c2ccccc2-c2ccccc21)C(=O)NC1(CC(=O)O)CCCC1. The predicted octanol–water partition coefficient (Wildman–Crippen LogP) is 4.21. The van der Waals surface area contributed by atoms with E-state index in [0.717, 1.165) is 35.1 Å². The van der Waals surface area contributed by atoms with Crippen molar-refractivity contribution in [2.45, 2.75) is 62.9 Å². The van der Waals surface area contributed by atoms with Gasteiger partial charge < -0.3 is 20.5 Å². The summed E-state index contributed by atoms with van der Waals surface area (Å²) < 4.78 is 5.56. The Labute approximate surface area is 193 Å². The lowest BCUT2D eigenvalue weighted by Gasteiger charge is -2.30.